The van der Waals surface area contributed by atoms with Crippen LogP contribution in [0.15, 0.2) is 58.6 Å². The van der Waals surface area contributed by atoms with Crippen molar-refractivity contribution < 1.29 is 37.0 Å². The van der Waals surface area contributed by atoms with Crippen LogP contribution in [0.5, 0.6) is 17.2 Å². The molecule has 2 amide bonds. The number of urea groups is 1. The lowest BCUT2D eigenvalue weighted by Gasteiger charge is -2.29. The van der Waals surface area contributed by atoms with Crippen molar-refractivity contribution in [3.63, 3.8) is 0 Å². The van der Waals surface area contributed by atoms with Gasteiger partial charge in [-0.3, -0.25) is 0 Å². The maximum atomic E-state index is 13.4. The van der Waals surface area contributed by atoms with Crippen molar-refractivity contribution in [3.05, 3.63) is 59.3 Å². The highest BCUT2D eigenvalue weighted by atomic mass is 32.2. The molecule has 1 heterocycles. The fraction of sp³-hybridized carbons (Fsp3) is 0.304. The van der Waals surface area contributed by atoms with Gasteiger partial charge < -0.3 is 29.6 Å². The molecule has 182 valence electrons. The summed E-state index contributed by atoms with van der Waals surface area (Å²) < 4.78 is 47.4. The standard InChI is InChI=1S/C23H26N2O8S/c1-5-33-15-8-6-14(7-9-15)21-20(22(26)32-4)17(24-23(27)25-21)13-34(28,29)19-12-16(30-2)10-11-18(19)31-3/h6-12,21H,5,13H2,1-4H3,(H2,24,25,27)/t21-/m1/s1. The van der Waals surface area contributed by atoms with Crippen molar-refractivity contribution in [2.45, 2.75) is 17.9 Å². The third-order valence-corrected chi connectivity index (χ3v) is 6.78. The topological polar surface area (TPSA) is 129 Å². The van der Waals surface area contributed by atoms with E-state index in [0.717, 1.165) is 0 Å². The first kappa shape index (κ1) is 24.9. The Hall–Kier alpha value is -3.73. The number of methoxy groups -OCH3 is 3. The molecule has 0 radical (unpaired) electrons. The molecule has 11 heteroatoms. The molecule has 0 bridgehead atoms. The van der Waals surface area contributed by atoms with Gasteiger partial charge in [-0.15, -0.1) is 0 Å². The number of benzene rings is 2. The lowest BCUT2D eigenvalue weighted by molar-refractivity contribution is -0.136. The summed E-state index contributed by atoms with van der Waals surface area (Å²) in [6.07, 6.45) is 0. The van der Waals surface area contributed by atoms with Gasteiger partial charge in [-0.1, -0.05) is 12.1 Å². The van der Waals surface area contributed by atoms with Crippen LogP contribution >= 0.6 is 0 Å². The van der Waals surface area contributed by atoms with Crippen LogP contribution in [0, 0.1) is 0 Å². The van der Waals surface area contributed by atoms with Crippen molar-refractivity contribution in [1.82, 2.24) is 10.6 Å². The number of amides is 2. The van der Waals surface area contributed by atoms with Crippen molar-refractivity contribution in [3.8, 4) is 17.2 Å². The summed E-state index contributed by atoms with van der Waals surface area (Å²) in [5, 5.41) is 5.11. The number of hydrogen-bond donors (Lipinski definition) is 2. The largest absolute Gasteiger partial charge is 0.497 e. The minimum absolute atomic E-state index is 0.0308. The van der Waals surface area contributed by atoms with Crippen LogP contribution in [0.4, 0.5) is 4.79 Å². The molecule has 34 heavy (non-hydrogen) atoms. The number of carbonyl (C=O) groups excluding carboxylic acids is 2. The Balaban J connectivity index is 2.09. The van der Waals surface area contributed by atoms with E-state index in [1.54, 1.807) is 30.3 Å². The lowest BCUT2D eigenvalue weighted by Crippen LogP contribution is -2.47. The molecule has 10 nitrogen and oxygen atoms in total. The summed E-state index contributed by atoms with van der Waals surface area (Å²) in [5.41, 5.74) is 0.420. The van der Waals surface area contributed by atoms with Crippen LogP contribution in [0.3, 0.4) is 0 Å². The van der Waals surface area contributed by atoms with Crippen molar-refractivity contribution in [2.75, 3.05) is 33.7 Å². The highest BCUT2D eigenvalue weighted by Gasteiger charge is 2.36. The average Bonchev–Trinajstić information content (AvgIpc) is 2.83. The summed E-state index contributed by atoms with van der Waals surface area (Å²) in [4.78, 5) is 25.1. The number of hydrogen-bond acceptors (Lipinski definition) is 8. The van der Waals surface area contributed by atoms with Gasteiger partial charge in [0.05, 0.1) is 45.3 Å². The smallest absolute Gasteiger partial charge is 0.338 e. The molecule has 2 N–H and O–H groups in total. The minimum Gasteiger partial charge on any atom is -0.497 e. The van der Waals surface area contributed by atoms with Gasteiger partial charge in [0, 0.05) is 11.8 Å². The molecule has 0 saturated carbocycles. The normalized spacial score (nSPS) is 15.8. The summed E-state index contributed by atoms with van der Waals surface area (Å²) in [6, 6.07) is 9.50. The predicted molar refractivity (Wildman–Crippen MR) is 123 cm³/mol. The van der Waals surface area contributed by atoms with E-state index in [-0.39, 0.29) is 21.9 Å². The summed E-state index contributed by atoms with van der Waals surface area (Å²) >= 11 is 0. The molecule has 2 aromatic carbocycles. The molecular weight excluding hydrogens is 464 g/mol. The van der Waals surface area contributed by atoms with Gasteiger partial charge in [0.25, 0.3) is 0 Å². The highest BCUT2D eigenvalue weighted by molar-refractivity contribution is 7.91. The van der Waals surface area contributed by atoms with Crippen LogP contribution in [0.2, 0.25) is 0 Å². The molecule has 3 rings (SSSR count). The molecule has 1 aliphatic heterocycles. The van der Waals surface area contributed by atoms with Gasteiger partial charge in [-0.05, 0) is 36.8 Å². The van der Waals surface area contributed by atoms with E-state index < -0.39 is 33.6 Å². The first-order valence-electron chi connectivity index (χ1n) is 10.3. The quantitative estimate of drug-likeness (QED) is 0.513. The number of ether oxygens (including phenoxy) is 4. The SMILES string of the molecule is CCOc1ccc([C@H]2NC(=O)NC(CS(=O)(=O)c3cc(OC)ccc3OC)=C2C(=O)OC)cc1. The van der Waals surface area contributed by atoms with Crippen LogP contribution < -0.4 is 24.8 Å². The monoisotopic (exact) mass is 490 g/mol. The van der Waals surface area contributed by atoms with E-state index >= 15 is 0 Å². The molecule has 0 fully saturated rings. The number of sulfone groups is 1. The van der Waals surface area contributed by atoms with E-state index in [2.05, 4.69) is 10.6 Å². The second kappa shape index (κ2) is 10.5. The van der Waals surface area contributed by atoms with E-state index in [9.17, 15) is 18.0 Å². The Morgan fingerprint density at radius 3 is 2.26 bits per heavy atom. The Labute approximate surface area is 197 Å². The Morgan fingerprint density at radius 1 is 1.00 bits per heavy atom. The van der Waals surface area contributed by atoms with Gasteiger partial charge in [0.1, 0.15) is 22.1 Å². The van der Waals surface area contributed by atoms with Crippen LogP contribution in [-0.2, 0) is 19.4 Å². The van der Waals surface area contributed by atoms with Crippen LogP contribution in [0.1, 0.15) is 18.5 Å². The van der Waals surface area contributed by atoms with E-state index in [4.69, 9.17) is 18.9 Å². The van der Waals surface area contributed by atoms with Crippen LogP contribution in [0.25, 0.3) is 0 Å². The maximum absolute atomic E-state index is 13.4. The molecule has 2 aromatic rings. The van der Waals surface area contributed by atoms with E-state index in [0.29, 0.717) is 23.7 Å². The zero-order valence-corrected chi connectivity index (χ0v) is 20.0. The average molecular weight is 491 g/mol. The third kappa shape index (κ3) is 5.25. The molecule has 0 aliphatic carbocycles. The second-order valence-corrected chi connectivity index (χ2v) is 9.15. The molecule has 0 spiro atoms. The van der Waals surface area contributed by atoms with Crippen molar-refractivity contribution in [2.24, 2.45) is 0 Å². The summed E-state index contributed by atoms with van der Waals surface area (Å²) in [6.45, 7) is 2.33. The van der Waals surface area contributed by atoms with Crippen LogP contribution in [-0.4, -0.2) is 54.1 Å². The zero-order chi connectivity index (χ0) is 24.9. The highest BCUT2D eigenvalue weighted by Crippen LogP contribution is 2.33. The number of rotatable bonds is 9. The van der Waals surface area contributed by atoms with Crippen molar-refractivity contribution >= 4 is 21.8 Å². The summed E-state index contributed by atoms with van der Waals surface area (Å²) in [7, 11) is -0.159. The third-order valence-electron chi connectivity index (χ3n) is 5.12. The first-order valence-corrected chi connectivity index (χ1v) is 12.0. The molecule has 0 saturated heterocycles. The predicted octanol–water partition coefficient (Wildman–Crippen LogP) is 2.36. The van der Waals surface area contributed by atoms with E-state index in [1.165, 1.54) is 33.5 Å². The Morgan fingerprint density at radius 2 is 1.68 bits per heavy atom. The minimum atomic E-state index is -4.09. The molecule has 0 unspecified atom stereocenters. The number of esters is 1. The fourth-order valence-electron chi connectivity index (χ4n) is 3.55. The Bertz CT molecular complexity index is 1210. The Kier molecular flexibility index (Phi) is 7.67. The maximum Gasteiger partial charge on any atom is 0.338 e. The molecule has 0 aromatic heterocycles. The van der Waals surface area contributed by atoms with Gasteiger partial charge in [-0.2, -0.15) is 0 Å². The number of nitrogens with one attached hydrogen (secondary N) is 2. The van der Waals surface area contributed by atoms with Gasteiger partial charge in [-0.25, -0.2) is 18.0 Å². The second-order valence-electron chi connectivity index (χ2n) is 7.19. The van der Waals surface area contributed by atoms with Crippen molar-refractivity contribution in [1.29, 1.82) is 0 Å². The lowest BCUT2D eigenvalue weighted by atomic mass is 9.95. The van der Waals surface area contributed by atoms with Gasteiger partial charge in [0.15, 0.2) is 9.84 Å². The van der Waals surface area contributed by atoms with Gasteiger partial charge in [0.2, 0.25) is 0 Å². The fourth-order valence-corrected chi connectivity index (χ4v) is 5.07. The molecule has 1 aliphatic rings. The summed E-state index contributed by atoms with van der Waals surface area (Å²) in [5.74, 6) is -0.438. The van der Waals surface area contributed by atoms with Gasteiger partial charge >= 0.3 is 12.0 Å². The molecule has 1 atom stereocenters. The first-order chi connectivity index (χ1) is 16.2. The van der Waals surface area contributed by atoms with E-state index in [1.807, 2.05) is 6.92 Å². The molecular formula is C23H26N2O8S. The number of carbonyl (C=O) groups is 2. The zero-order valence-electron chi connectivity index (χ0n) is 19.2.